The second-order valence-electron chi connectivity index (χ2n) is 10.1. The zero-order valence-corrected chi connectivity index (χ0v) is 24.4. The van der Waals surface area contributed by atoms with Crippen molar-refractivity contribution in [1.82, 2.24) is 4.57 Å². The molecule has 10 nitrogen and oxygen atoms in total. The average molecular weight is 591 g/mol. The van der Waals surface area contributed by atoms with Crippen LogP contribution in [-0.4, -0.2) is 45.7 Å². The van der Waals surface area contributed by atoms with Crippen LogP contribution >= 0.6 is 0 Å². The normalized spacial score (nSPS) is 12.8. The fraction of sp³-hybridized carbons (Fsp3) is 0.147. The quantitative estimate of drug-likeness (QED) is 0.300. The highest BCUT2D eigenvalue weighted by molar-refractivity contribution is 6.09. The number of anilines is 2. The number of pyridine rings is 1. The Labute approximate surface area is 252 Å². The largest absolute Gasteiger partial charge is 0.478 e. The van der Waals surface area contributed by atoms with Crippen LogP contribution in [0, 0.1) is 6.92 Å². The molecule has 10 heteroatoms. The van der Waals surface area contributed by atoms with Crippen LogP contribution in [0.15, 0.2) is 88.8 Å². The Morgan fingerprint density at radius 2 is 1.48 bits per heavy atom. The Morgan fingerprint density at radius 1 is 0.864 bits per heavy atom. The molecule has 5 rings (SSSR count). The maximum Gasteiger partial charge on any atom is 0.335 e. The number of benzene rings is 3. The lowest BCUT2D eigenvalue weighted by Gasteiger charge is -2.20. The summed E-state index contributed by atoms with van der Waals surface area (Å²) in [5.41, 5.74) is 2.04. The van der Waals surface area contributed by atoms with E-state index < -0.39 is 23.4 Å². The number of carbonyl (C=O) groups is 3. The van der Waals surface area contributed by atoms with Crippen LogP contribution in [0.3, 0.4) is 0 Å². The second kappa shape index (κ2) is 12.2. The zero-order chi connectivity index (χ0) is 31.5. The van der Waals surface area contributed by atoms with Gasteiger partial charge in [-0.2, -0.15) is 5.01 Å². The lowest BCUT2D eigenvalue weighted by Crippen LogP contribution is -2.45. The molecule has 44 heavy (non-hydrogen) atoms. The Bertz CT molecular complexity index is 1960. The van der Waals surface area contributed by atoms with Crippen LogP contribution in [-0.2, 0) is 0 Å². The molecular weight excluding hydrogens is 560 g/mol. The first-order valence-corrected chi connectivity index (χ1v) is 14.0. The van der Waals surface area contributed by atoms with Gasteiger partial charge in [0.1, 0.15) is 0 Å². The Balaban J connectivity index is 1.65. The number of carboxylic acid groups (broad SMARTS) is 2. The molecule has 222 valence electrons. The van der Waals surface area contributed by atoms with E-state index in [4.69, 9.17) is 0 Å². The fourth-order valence-corrected chi connectivity index (χ4v) is 5.20. The molecule has 0 atom stereocenters. The summed E-state index contributed by atoms with van der Waals surface area (Å²) >= 11 is 0. The molecular formula is C34H30N4O6. The molecule has 1 aliphatic rings. The highest BCUT2D eigenvalue weighted by atomic mass is 16.4. The number of carbonyl (C=O) groups excluding carboxylic acids is 1. The standard InChI is InChI=1S/C34H30N4O6/c1-4-36(5-2)25-16-14-22(15-17-25)10-9-13-28-21(3)29-30(37(31(28)39)26-11-7-6-8-12-26)35-38(32(29)40)27-19-23(33(41)42)18-24(20-27)34(43)44/h6-20H,4-5H2,1-3H3,(H,41,42)(H,43,44)/b10-9?,28-13-. The van der Waals surface area contributed by atoms with Crippen LogP contribution in [0.5, 0.6) is 0 Å². The first kappa shape index (κ1) is 29.7. The smallest absolute Gasteiger partial charge is 0.335 e. The van der Waals surface area contributed by atoms with E-state index in [2.05, 4.69) is 23.8 Å². The average Bonchev–Trinajstić information content (AvgIpc) is 3.37. The van der Waals surface area contributed by atoms with Gasteiger partial charge in [-0.05, 0) is 80.4 Å². The van der Waals surface area contributed by atoms with E-state index in [1.807, 2.05) is 30.3 Å². The molecule has 4 aromatic rings. The summed E-state index contributed by atoms with van der Waals surface area (Å²) in [7, 11) is 0. The van der Waals surface area contributed by atoms with Gasteiger partial charge in [-0.3, -0.25) is 14.2 Å². The summed E-state index contributed by atoms with van der Waals surface area (Å²) in [4.78, 5) is 53.5. The topological polar surface area (TPSA) is 133 Å². The number of hydrogen-bond donors (Lipinski definition) is 2. The van der Waals surface area contributed by atoms with Crippen molar-refractivity contribution in [2.75, 3.05) is 23.0 Å². The molecule has 1 aromatic heterocycles. The molecule has 0 radical (unpaired) electrons. The molecule has 0 saturated heterocycles. The number of rotatable bonds is 9. The van der Waals surface area contributed by atoms with Gasteiger partial charge < -0.3 is 15.1 Å². The lowest BCUT2D eigenvalue weighted by atomic mass is 10.1. The van der Waals surface area contributed by atoms with E-state index in [9.17, 15) is 29.4 Å². The minimum Gasteiger partial charge on any atom is -0.478 e. The van der Waals surface area contributed by atoms with Gasteiger partial charge in [0, 0.05) is 24.0 Å². The molecule has 0 unspecified atom stereocenters. The number of hydrogen-bond acceptors (Lipinski definition) is 6. The molecule has 1 amide bonds. The van der Waals surface area contributed by atoms with Crippen LogP contribution in [0.25, 0.3) is 17.8 Å². The van der Waals surface area contributed by atoms with E-state index in [-0.39, 0.29) is 33.1 Å². The summed E-state index contributed by atoms with van der Waals surface area (Å²) in [6.07, 6.45) is 5.27. The molecule has 0 spiro atoms. The summed E-state index contributed by atoms with van der Waals surface area (Å²) < 4.78 is 1.33. The number of para-hydroxylation sites is 1. The second-order valence-corrected chi connectivity index (χ2v) is 10.1. The lowest BCUT2D eigenvalue weighted by molar-refractivity contribution is 0.0696. The molecule has 3 aromatic carbocycles. The number of nitrogens with zero attached hydrogens (tertiary/aromatic N) is 4. The monoisotopic (exact) mass is 590 g/mol. The molecule has 0 fully saturated rings. The van der Waals surface area contributed by atoms with Crippen molar-refractivity contribution in [2.45, 2.75) is 20.8 Å². The predicted octanol–water partition coefficient (Wildman–Crippen LogP) is 4.08. The summed E-state index contributed by atoms with van der Waals surface area (Å²) in [6.45, 7) is 7.66. The van der Waals surface area contributed by atoms with Crippen molar-refractivity contribution in [3.63, 3.8) is 0 Å². The minimum atomic E-state index is -1.36. The summed E-state index contributed by atoms with van der Waals surface area (Å²) in [5.74, 6) is -3.34. The first-order chi connectivity index (χ1) is 21.1. The maximum absolute atomic E-state index is 14.0. The van der Waals surface area contributed by atoms with E-state index in [1.165, 1.54) is 16.7 Å². The van der Waals surface area contributed by atoms with Gasteiger partial charge in [0.25, 0.3) is 11.5 Å². The molecule has 1 aliphatic heterocycles. The number of aromatic carboxylic acids is 2. The summed E-state index contributed by atoms with van der Waals surface area (Å²) in [6, 6.07) is 20.1. The number of fused-ring (bicyclic) bond motifs is 1. The fourth-order valence-electron chi connectivity index (χ4n) is 5.20. The van der Waals surface area contributed by atoms with Crippen molar-refractivity contribution in [1.29, 1.82) is 0 Å². The van der Waals surface area contributed by atoms with E-state index >= 15 is 0 Å². The Morgan fingerprint density at radius 3 is 2.05 bits per heavy atom. The van der Waals surface area contributed by atoms with Crippen LogP contribution in [0.1, 0.15) is 56.0 Å². The molecule has 0 saturated carbocycles. The van der Waals surface area contributed by atoms with Gasteiger partial charge in [-0.15, -0.1) is 5.10 Å². The number of amides is 1. The van der Waals surface area contributed by atoms with Crippen LogP contribution in [0.2, 0.25) is 0 Å². The van der Waals surface area contributed by atoms with Crippen LogP contribution in [0.4, 0.5) is 11.4 Å². The van der Waals surface area contributed by atoms with Gasteiger partial charge >= 0.3 is 11.9 Å². The number of aromatic nitrogens is 1. The van der Waals surface area contributed by atoms with Crippen molar-refractivity contribution >= 4 is 41.4 Å². The molecule has 2 heterocycles. The maximum atomic E-state index is 14.0. The van der Waals surface area contributed by atoms with E-state index in [1.54, 1.807) is 49.4 Å². The highest BCUT2D eigenvalue weighted by Gasteiger charge is 2.31. The van der Waals surface area contributed by atoms with Crippen molar-refractivity contribution in [3.05, 3.63) is 128 Å². The molecule has 0 aliphatic carbocycles. The zero-order valence-electron chi connectivity index (χ0n) is 24.4. The Kier molecular flexibility index (Phi) is 8.25. The van der Waals surface area contributed by atoms with E-state index in [0.29, 0.717) is 11.3 Å². The number of carboxylic acids is 2. The van der Waals surface area contributed by atoms with Crippen molar-refractivity contribution in [2.24, 2.45) is 5.10 Å². The predicted molar refractivity (Wildman–Crippen MR) is 168 cm³/mol. The minimum absolute atomic E-state index is 0.0476. The van der Waals surface area contributed by atoms with Gasteiger partial charge in [0.15, 0.2) is 5.49 Å². The third-order valence-corrected chi connectivity index (χ3v) is 7.49. The number of allylic oxidation sites excluding steroid dienone is 1. The highest BCUT2D eigenvalue weighted by Crippen LogP contribution is 2.24. The van der Waals surface area contributed by atoms with Crippen molar-refractivity contribution in [3.8, 4) is 5.69 Å². The van der Waals surface area contributed by atoms with Gasteiger partial charge in [-0.25, -0.2) is 9.59 Å². The van der Waals surface area contributed by atoms with Gasteiger partial charge in [-0.1, -0.05) is 42.5 Å². The molecule has 0 bridgehead atoms. The summed E-state index contributed by atoms with van der Waals surface area (Å²) in [5, 5.41) is 24.7. The van der Waals surface area contributed by atoms with Crippen molar-refractivity contribution < 1.29 is 24.6 Å². The Hall–Kier alpha value is -5.77. The molecule has 2 N–H and O–H groups in total. The SMILES string of the molecule is CCN(CC)c1ccc(C=C/C=c2/c(C)c3c(n(-c4ccccc4)c2=O)=NN(c2cc(C(=O)O)cc(C(=O)O)c2)C3=O)cc1. The third-order valence-electron chi connectivity index (χ3n) is 7.49. The van der Waals surface area contributed by atoms with E-state index in [0.717, 1.165) is 35.4 Å². The third kappa shape index (κ3) is 5.52. The van der Waals surface area contributed by atoms with Gasteiger partial charge in [0.05, 0.1) is 28.1 Å². The first-order valence-electron chi connectivity index (χ1n) is 14.0. The van der Waals surface area contributed by atoms with Gasteiger partial charge in [0.2, 0.25) is 0 Å². The van der Waals surface area contributed by atoms with Crippen LogP contribution < -0.4 is 26.2 Å².